The maximum Gasteiger partial charge on any atom is 0.197 e. The molecule has 0 atom stereocenters. The molecular weight excluding hydrogens is 136 g/mol. The van der Waals surface area contributed by atoms with Crippen molar-refractivity contribution in [3.8, 4) is 0 Å². The van der Waals surface area contributed by atoms with Gasteiger partial charge in [0.2, 0.25) is 0 Å². The Morgan fingerprint density at radius 1 is 1.11 bits per heavy atom. The van der Waals surface area contributed by atoms with Crippen molar-refractivity contribution in [2.45, 2.75) is 0 Å². The van der Waals surface area contributed by atoms with Crippen molar-refractivity contribution in [2.75, 3.05) is 0 Å². The van der Waals surface area contributed by atoms with E-state index in [0.717, 1.165) is 0 Å². The van der Waals surface area contributed by atoms with E-state index in [0.29, 0.717) is 0 Å². The van der Waals surface area contributed by atoms with E-state index in [-0.39, 0.29) is 10.5 Å². The summed E-state index contributed by atoms with van der Waals surface area (Å²) in [6, 6.07) is 8.15. The Kier molecular flexibility index (Phi) is 1.85. The van der Waals surface area contributed by atoms with Gasteiger partial charge in [0.15, 0.2) is 5.43 Å². The van der Waals surface area contributed by atoms with E-state index in [9.17, 15) is 4.79 Å². The highest BCUT2D eigenvalue weighted by Gasteiger charge is 1.85. The highest BCUT2D eigenvalue weighted by atomic mass is 35.5. The molecule has 46 valence electrons. The van der Waals surface area contributed by atoms with Crippen LogP contribution in [-0.4, -0.2) is 0 Å². The molecule has 0 heterocycles. The van der Waals surface area contributed by atoms with Gasteiger partial charge >= 0.3 is 0 Å². The van der Waals surface area contributed by atoms with Gasteiger partial charge in [0, 0.05) is 0 Å². The second kappa shape index (κ2) is 2.65. The topological polar surface area (TPSA) is 17.1 Å². The molecule has 0 bridgehead atoms. The Morgan fingerprint density at radius 2 is 1.78 bits per heavy atom. The molecule has 0 aliphatic rings. The normalized spacial score (nSPS) is 9.00. The first kappa shape index (κ1) is 6.30. The number of rotatable bonds is 0. The van der Waals surface area contributed by atoms with Crippen molar-refractivity contribution in [3.63, 3.8) is 0 Å². The van der Waals surface area contributed by atoms with Crippen molar-refractivity contribution in [1.29, 1.82) is 0 Å². The molecule has 0 N–H and O–H groups in total. The minimum Gasteiger partial charge on any atom is -0.288 e. The Hall–Kier alpha value is -0.820. The van der Waals surface area contributed by atoms with Gasteiger partial charge in [-0.2, -0.15) is 0 Å². The lowest BCUT2D eigenvalue weighted by molar-refractivity contribution is 1.67. The summed E-state index contributed by atoms with van der Waals surface area (Å²) in [7, 11) is 0. The van der Waals surface area contributed by atoms with Crippen LogP contribution in [0.25, 0.3) is 0 Å². The molecule has 0 aromatic heterocycles. The zero-order valence-electron chi connectivity index (χ0n) is 4.67. The second-order valence-corrected chi connectivity index (χ2v) is 2.03. The zero-order valence-corrected chi connectivity index (χ0v) is 5.43. The van der Waals surface area contributed by atoms with Gasteiger partial charge in [0.25, 0.3) is 0 Å². The molecule has 2 heteroatoms. The quantitative estimate of drug-likeness (QED) is 0.536. The van der Waals surface area contributed by atoms with Crippen molar-refractivity contribution in [2.24, 2.45) is 0 Å². The minimum absolute atomic E-state index is 0.137. The molecule has 9 heavy (non-hydrogen) atoms. The molecule has 0 aliphatic carbocycles. The Balaban J connectivity index is 3.42. The molecule has 0 saturated heterocycles. The molecule has 1 aromatic rings. The van der Waals surface area contributed by atoms with Crippen LogP contribution < -0.4 is 5.43 Å². The predicted octanol–water partition coefficient (Wildman–Crippen LogP) is 1.70. The van der Waals surface area contributed by atoms with Gasteiger partial charge in [0.1, 0.15) is 0 Å². The highest BCUT2D eigenvalue weighted by molar-refractivity contribution is 6.30. The minimum atomic E-state index is -0.137. The van der Waals surface area contributed by atoms with Crippen LogP contribution in [-0.2, 0) is 0 Å². The van der Waals surface area contributed by atoms with E-state index in [1.165, 1.54) is 6.07 Å². The van der Waals surface area contributed by atoms with Crippen molar-refractivity contribution < 1.29 is 0 Å². The molecule has 1 nitrogen and oxygen atoms in total. The summed E-state index contributed by atoms with van der Waals surface area (Å²) in [6.45, 7) is 0. The van der Waals surface area contributed by atoms with E-state index in [1.54, 1.807) is 24.3 Å². The standard InChI is InChI=1S/C7H5ClO/c8-6-4-2-1-3-5-7(6)9/h1-5H. The Labute approximate surface area is 57.9 Å². The lowest BCUT2D eigenvalue weighted by atomic mass is 10.5. The maximum absolute atomic E-state index is 10.7. The van der Waals surface area contributed by atoms with Crippen LogP contribution in [0.3, 0.4) is 0 Å². The van der Waals surface area contributed by atoms with Crippen LogP contribution in [0.15, 0.2) is 35.1 Å². The first-order valence-corrected chi connectivity index (χ1v) is 2.93. The van der Waals surface area contributed by atoms with Gasteiger partial charge in [-0.15, -0.1) is 0 Å². The van der Waals surface area contributed by atoms with Crippen LogP contribution in [0.5, 0.6) is 0 Å². The van der Waals surface area contributed by atoms with Crippen LogP contribution in [0.2, 0.25) is 5.02 Å². The summed E-state index contributed by atoms with van der Waals surface area (Å²) in [5.41, 5.74) is -0.137. The fourth-order valence-electron chi connectivity index (χ4n) is 0.509. The number of hydrogen-bond acceptors (Lipinski definition) is 1. The van der Waals surface area contributed by atoms with Gasteiger partial charge in [-0.1, -0.05) is 29.8 Å². The predicted molar refractivity (Wildman–Crippen MR) is 37.7 cm³/mol. The SMILES string of the molecule is O=c1cccccc1Cl. The lowest BCUT2D eigenvalue weighted by Gasteiger charge is -1.71. The average Bonchev–Trinajstić information content (AvgIpc) is 1.99. The van der Waals surface area contributed by atoms with Gasteiger partial charge < -0.3 is 0 Å². The van der Waals surface area contributed by atoms with Crippen LogP contribution >= 0.6 is 11.6 Å². The van der Waals surface area contributed by atoms with E-state index >= 15 is 0 Å². The molecule has 0 unspecified atom stereocenters. The second-order valence-electron chi connectivity index (χ2n) is 1.62. The van der Waals surface area contributed by atoms with Crippen molar-refractivity contribution >= 4 is 11.6 Å². The number of hydrogen-bond donors (Lipinski definition) is 0. The number of halogens is 1. The third kappa shape index (κ3) is 1.54. The fourth-order valence-corrected chi connectivity index (χ4v) is 0.645. The summed E-state index contributed by atoms with van der Waals surface area (Å²) in [4.78, 5) is 10.7. The monoisotopic (exact) mass is 140 g/mol. The van der Waals surface area contributed by atoms with E-state index in [2.05, 4.69) is 0 Å². The third-order valence-electron chi connectivity index (χ3n) is 0.948. The van der Waals surface area contributed by atoms with Crippen LogP contribution in [0.4, 0.5) is 0 Å². The molecule has 0 spiro atoms. The van der Waals surface area contributed by atoms with Gasteiger partial charge in [-0.3, -0.25) is 4.79 Å². The summed E-state index contributed by atoms with van der Waals surface area (Å²) in [6.07, 6.45) is 0. The van der Waals surface area contributed by atoms with Gasteiger partial charge in [-0.05, 0) is 12.1 Å². The first-order chi connectivity index (χ1) is 4.30. The molecule has 0 amide bonds. The largest absolute Gasteiger partial charge is 0.288 e. The Bertz CT molecular complexity index is 257. The molecule has 0 radical (unpaired) electrons. The van der Waals surface area contributed by atoms with Crippen LogP contribution in [0, 0.1) is 0 Å². The smallest absolute Gasteiger partial charge is 0.197 e. The summed E-state index contributed by atoms with van der Waals surface area (Å²) in [5.74, 6) is 0. The van der Waals surface area contributed by atoms with E-state index in [4.69, 9.17) is 11.6 Å². The molecular formula is C7H5ClO. The molecule has 0 fully saturated rings. The van der Waals surface area contributed by atoms with E-state index in [1.807, 2.05) is 0 Å². The van der Waals surface area contributed by atoms with Crippen LogP contribution in [0.1, 0.15) is 0 Å². The maximum atomic E-state index is 10.7. The summed E-state index contributed by atoms with van der Waals surface area (Å²) in [5, 5.41) is 0.264. The Morgan fingerprint density at radius 3 is 2.56 bits per heavy atom. The summed E-state index contributed by atoms with van der Waals surface area (Å²) < 4.78 is 0. The molecule has 1 rings (SSSR count). The fraction of sp³-hybridized carbons (Fsp3) is 0. The molecule has 0 saturated carbocycles. The molecule has 0 aliphatic heterocycles. The van der Waals surface area contributed by atoms with E-state index < -0.39 is 0 Å². The zero-order chi connectivity index (χ0) is 6.69. The molecule has 1 aromatic carbocycles. The van der Waals surface area contributed by atoms with Crippen molar-refractivity contribution in [3.05, 3.63) is 45.6 Å². The lowest BCUT2D eigenvalue weighted by Crippen LogP contribution is -1.92. The highest BCUT2D eigenvalue weighted by Crippen LogP contribution is 1.95. The van der Waals surface area contributed by atoms with Gasteiger partial charge in [0.05, 0.1) is 5.02 Å². The third-order valence-corrected chi connectivity index (χ3v) is 1.26. The first-order valence-electron chi connectivity index (χ1n) is 2.55. The summed E-state index contributed by atoms with van der Waals surface area (Å²) >= 11 is 5.48. The van der Waals surface area contributed by atoms with Gasteiger partial charge in [-0.25, -0.2) is 0 Å². The van der Waals surface area contributed by atoms with Crippen molar-refractivity contribution in [1.82, 2.24) is 0 Å². The average molecular weight is 141 g/mol.